The van der Waals surface area contributed by atoms with Gasteiger partial charge in [-0.1, -0.05) is 30.3 Å². The van der Waals surface area contributed by atoms with Gasteiger partial charge in [0.2, 0.25) is 10.0 Å². The van der Waals surface area contributed by atoms with E-state index in [9.17, 15) is 8.42 Å². The van der Waals surface area contributed by atoms with E-state index in [1.54, 1.807) is 16.4 Å². The molecule has 0 unspecified atom stereocenters. The molecule has 6 heteroatoms. The van der Waals surface area contributed by atoms with E-state index in [4.69, 9.17) is 4.98 Å². The monoisotopic (exact) mass is 435 g/mol. The number of rotatable bonds is 5. The molecule has 1 aromatic heterocycles. The van der Waals surface area contributed by atoms with Crippen LogP contribution in [0.1, 0.15) is 31.2 Å². The van der Waals surface area contributed by atoms with Crippen LogP contribution in [0.15, 0.2) is 65.6 Å². The van der Waals surface area contributed by atoms with Crippen LogP contribution in [0.3, 0.4) is 0 Å². The van der Waals surface area contributed by atoms with E-state index >= 15 is 0 Å². The number of hydrogen-bond acceptors (Lipinski definition) is 4. The second kappa shape index (κ2) is 8.60. The summed E-state index contributed by atoms with van der Waals surface area (Å²) >= 11 is 0. The zero-order chi connectivity index (χ0) is 21.3. The summed E-state index contributed by atoms with van der Waals surface area (Å²) in [5, 5.41) is 0.878. The first-order chi connectivity index (χ1) is 15.1. The summed E-state index contributed by atoms with van der Waals surface area (Å²) in [5.74, 6) is 1.71. The van der Waals surface area contributed by atoms with Crippen LogP contribution in [-0.4, -0.2) is 43.9 Å². The molecule has 5 nitrogen and oxygen atoms in total. The Morgan fingerprint density at radius 1 is 0.871 bits per heavy atom. The fourth-order valence-electron chi connectivity index (χ4n) is 4.82. The van der Waals surface area contributed by atoms with E-state index in [1.807, 2.05) is 18.2 Å². The number of fused-ring (bicyclic) bond motifs is 1. The topological polar surface area (TPSA) is 53.5 Å². The average Bonchev–Trinajstić information content (AvgIpc) is 3.36. The predicted octanol–water partition coefficient (Wildman–Crippen LogP) is 4.48. The Balaban J connectivity index is 1.28. The van der Waals surface area contributed by atoms with Crippen LogP contribution in [0.5, 0.6) is 0 Å². The maximum Gasteiger partial charge on any atom is 0.243 e. The highest BCUT2D eigenvalue weighted by molar-refractivity contribution is 7.89. The van der Waals surface area contributed by atoms with Crippen molar-refractivity contribution in [2.45, 2.75) is 37.0 Å². The summed E-state index contributed by atoms with van der Waals surface area (Å²) < 4.78 is 27.3. The number of piperidine rings is 1. The summed E-state index contributed by atoms with van der Waals surface area (Å²) in [6.07, 6.45) is 5.37. The number of hydrogen-bond donors (Lipinski definition) is 0. The lowest BCUT2D eigenvalue weighted by Gasteiger charge is -2.33. The van der Waals surface area contributed by atoms with Gasteiger partial charge >= 0.3 is 0 Å². The predicted molar refractivity (Wildman–Crippen MR) is 125 cm³/mol. The van der Waals surface area contributed by atoms with Gasteiger partial charge in [-0.2, -0.15) is 4.31 Å². The van der Waals surface area contributed by atoms with E-state index in [2.05, 4.69) is 35.2 Å². The number of pyridine rings is 1. The van der Waals surface area contributed by atoms with Crippen molar-refractivity contribution in [3.63, 3.8) is 0 Å². The van der Waals surface area contributed by atoms with Crippen LogP contribution in [0.25, 0.3) is 10.9 Å². The molecular weight excluding hydrogens is 406 g/mol. The zero-order valence-electron chi connectivity index (χ0n) is 17.8. The summed E-state index contributed by atoms with van der Waals surface area (Å²) in [5.41, 5.74) is 2.27. The Hall–Kier alpha value is -2.44. The molecule has 3 aromatic rings. The van der Waals surface area contributed by atoms with E-state index in [0.29, 0.717) is 18.0 Å². The van der Waals surface area contributed by atoms with Gasteiger partial charge in [0.15, 0.2) is 0 Å². The van der Waals surface area contributed by atoms with Gasteiger partial charge in [0, 0.05) is 31.6 Å². The second-order valence-electron chi connectivity index (χ2n) is 8.76. The van der Waals surface area contributed by atoms with Crippen molar-refractivity contribution in [3.05, 3.63) is 66.2 Å². The highest BCUT2D eigenvalue weighted by atomic mass is 32.2. The fraction of sp³-hybridized carbons (Fsp3) is 0.400. The Morgan fingerprint density at radius 2 is 1.61 bits per heavy atom. The van der Waals surface area contributed by atoms with Crippen molar-refractivity contribution < 1.29 is 8.42 Å². The van der Waals surface area contributed by atoms with Crippen molar-refractivity contribution in [2.24, 2.45) is 5.92 Å². The molecule has 0 amide bonds. The third-order valence-electron chi connectivity index (χ3n) is 6.65. The Kier molecular flexibility index (Phi) is 5.67. The molecule has 3 heterocycles. The van der Waals surface area contributed by atoms with Crippen LogP contribution in [0.4, 0.5) is 5.82 Å². The molecule has 0 bridgehead atoms. The number of nitrogens with zero attached hydrogens (tertiary/aromatic N) is 3. The molecule has 31 heavy (non-hydrogen) atoms. The van der Waals surface area contributed by atoms with Crippen molar-refractivity contribution in [1.29, 1.82) is 0 Å². The summed E-state index contributed by atoms with van der Waals surface area (Å²) in [7, 11) is -3.40. The molecule has 0 aliphatic carbocycles. The second-order valence-corrected chi connectivity index (χ2v) is 10.7. The molecule has 162 valence electrons. The van der Waals surface area contributed by atoms with Gasteiger partial charge in [0.1, 0.15) is 5.82 Å². The number of aromatic nitrogens is 1. The first-order valence-electron chi connectivity index (χ1n) is 11.3. The molecule has 0 spiro atoms. The highest BCUT2D eigenvalue weighted by Gasteiger charge is 2.27. The Labute approximate surface area is 184 Å². The van der Waals surface area contributed by atoms with Crippen LogP contribution in [-0.2, 0) is 16.4 Å². The summed E-state index contributed by atoms with van der Waals surface area (Å²) in [6.45, 7) is 3.27. The van der Waals surface area contributed by atoms with E-state index in [0.717, 1.165) is 55.0 Å². The smallest absolute Gasteiger partial charge is 0.243 e. The van der Waals surface area contributed by atoms with E-state index in [-0.39, 0.29) is 0 Å². The van der Waals surface area contributed by atoms with Gasteiger partial charge in [0.25, 0.3) is 0 Å². The molecule has 0 N–H and O–H groups in total. The maximum absolute atomic E-state index is 12.9. The van der Waals surface area contributed by atoms with Gasteiger partial charge in [-0.05, 0) is 73.9 Å². The van der Waals surface area contributed by atoms with E-state index < -0.39 is 10.0 Å². The minimum atomic E-state index is -3.40. The van der Waals surface area contributed by atoms with Crippen LogP contribution < -0.4 is 4.90 Å². The molecule has 5 rings (SSSR count). The molecular formula is C25H29N3O2S. The van der Waals surface area contributed by atoms with Gasteiger partial charge in [0.05, 0.1) is 10.4 Å². The lowest BCUT2D eigenvalue weighted by atomic mass is 9.90. The molecule has 0 saturated carbocycles. The number of anilines is 1. The first-order valence-corrected chi connectivity index (χ1v) is 12.7. The lowest BCUT2D eigenvalue weighted by Crippen LogP contribution is -2.34. The summed E-state index contributed by atoms with van der Waals surface area (Å²) in [6, 6.07) is 20.1. The molecule has 2 fully saturated rings. The largest absolute Gasteiger partial charge is 0.357 e. The van der Waals surface area contributed by atoms with Crippen LogP contribution in [0.2, 0.25) is 0 Å². The SMILES string of the molecule is O=S(=O)(c1ccc2nc(N3CCC(Cc4ccccc4)CC3)ccc2c1)N1CCCC1. The van der Waals surface area contributed by atoms with Gasteiger partial charge < -0.3 is 4.90 Å². The zero-order valence-corrected chi connectivity index (χ0v) is 18.6. The minimum absolute atomic E-state index is 0.373. The summed E-state index contributed by atoms with van der Waals surface area (Å²) in [4.78, 5) is 7.58. The minimum Gasteiger partial charge on any atom is -0.357 e. The van der Waals surface area contributed by atoms with E-state index in [1.165, 1.54) is 18.4 Å². The number of sulfonamides is 1. The fourth-order valence-corrected chi connectivity index (χ4v) is 6.37. The number of benzene rings is 2. The standard InChI is InChI=1S/C25H29N3O2S/c29-31(30,28-14-4-5-15-28)23-9-10-24-22(19-23)8-11-25(26-24)27-16-12-21(13-17-27)18-20-6-2-1-3-7-20/h1-3,6-11,19,21H,4-5,12-18H2. The third kappa shape index (κ3) is 4.32. The Morgan fingerprint density at radius 3 is 2.35 bits per heavy atom. The molecule has 2 aliphatic heterocycles. The molecule has 2 aromatic carbocycles. The molecule has 0 radical (unpaired) electrons. The molecule has 2 aliphatic rings. The van der Waals surface area contributed by atoms with Gasteiger partial charge in [-0.3, -0.25) is 0 Å². The van der Waals surface area contributed by atoms with Crippen molar-refractivity contribution in [1.82, 2.24) is 9.29 Å². The average molecular weight is 436 g/mol. The first kappa shape index (κ1) is 20.5. The van der Waals surface area contributed by atoms with Crippen molar-refractivity contribution >= 4 is 26.7 Å². The maximum atomic E-state index is 12.9. The quantitative estimate of drug-likeness (QED) is 0.593. The normalized spacial score (nSPS) is 18.6. The molecule has 0 atom stereocenters. The van der Waals surface area contributed by atoms with Crippen molar-refractivity contribution in [3.8, 4) is 0 Å². The third-order valence-corrected chi connectivity index (χ3v) is 8.55. The van der Waals surface area contributed by atoms with Gasteiger partial charge in [-0.25, -0.2) is 13.4 Å². The lowest BCUT2D eigenvalue weighted by molar-refractivity contribution is 0.402. The van der Waals surface area contributed by atoms with Crippen LogP contribution >= 0.6 is 0 Å². The Bertz CT molecular complexity index is 1150. The van der Waals surface area contributed by atoms with Crippen molar-refractivity contribution in [2.75, 3.05) is 31.1 Å². The highest BCUT2D eigenvalue weighted by Crippen LogP contribution is 2.28. The van der Waals surface area contributed by atoms with Gasteiger partial charge in [-0.15, -0.1) is 0 Å². The molecule has 2 saturated heterocycles. The van der Waals surface area contributed by atoms with Crippen LogP contribution in [0, 0.1) is 5.92 Å².